The number of aliphatic hydroxyl groups is 1. The minimum atomic E-state index is -0.966. The van der Waals surface area contributed by atoms with Gasteiger partial charge in [0.2, 0.25) is 0 Å². The first kappa shape index (κ1) is 10.2. The van der Waals surface area contributed by atoms with Crippen molar-refractivity contribution in [3.8, 4) is 0 Å². The summed E-state index contributed by atoms with van der Waals surface area (Å²) in [5.74, 6) is -0.281. The van der Waals surface area contributed by atoms with Gasteiger partial charge in [-0.3, -0.25) is 0 Å². The van der Waals surface area contributed by atoms with Gasteiger partial charge >= 0.3 is 0 Å². The lowest BCUT2D eigenvalue weighted by atomic mass is 9.96. The Morgan fingerprint density at radius 2 is 1.92 bits per heavy atom. The van der Waals surface area contributed by atoms with Crippen LogP contribution in [-0.4, -0.2) is 5.11 Å². The topological polar surface area (TPSA) is 20.2 Å². The van der Waals surface area contributed by atoms with Gasteiger partial charge in [0.05, 0.1) is 5.60 Å². The first-order valence-electron chi connectivity index (χ1n) is 4.46. The minimum absolute atomic E-state index is 0.281. The molecule has 0 aliphatic rings. The molecule has 0 aliphatic heterocycles. The smallest absolute Gasteiger partial charge is 0.123 e. The van der Waals surface area contributed by atoms with Crippen LogP contribution in [0.1, 0.15) is 31.9 Å². The van der Waals surface area contributed by atoms with Gasteiger partial charge in [-0.05, 0) is 43.5 Å². The van der Waals surface area contributed by atoms with Crippen LogP contribution in [0.25, 0.3) is 0 Å². The van der Waals surface area contributed by atoms with Crippen molar-refractivity contribution in [3.05, 3.63) is 35.1 Å². The first-order chi connectivity index (χ1) is 5.93. The fourth-order valence-corrected chi connectivity index (χ4v) is 1.21. The van der Waals surface area contributed by atoms with Crippen LogP contribution >= 0.6 is 0 Å². The molecule has 0 heterocycles. The lowest BCUT2D eigenvalue weighted by Gasteiger charge is -2.18. The maximum Gasteiger partial charge on any atom is 0.123 e. The molecule has 0 spiro atoms. The fourth-order valence-electron chi connectivity index (χ4n) is 1.21. The van der Waals surface area contributed by atoms with E-state index in [0.717, 1.165) is 12.0 Å². The van der Waals surface area contributed by atoms with Crippen LogP contribution in [0.15, 0.2) is 18.2 Å². The van der Waals surface area contributed by atoms with Crippen molar-refractivity contribution in [1.82, 2.24) is 0 Å². The SMILES string of the molecule is CCc1cc(F)cc(C(C)(C)O)c1. The van der Waals surface area contributed by atoms with Crippen molar-refractivity contribution in [2.24, 2.45) is 0 Å². The van der Waals surface area contributed by atoms with E-state index in [1.165, 1.54) is 12.1 Å². The predicted octanol–water partition coefficient (Wildman–Crippen LogP) is 2.62. The molecule has 0 fully saturated rings. The third kappa shape index (κ3) is 2.52. The summed E-state index contributed by atoms with van der Waals surface area (Å²) in [4.78, 5) is 0. The number of halogens is 1. The van der Waals surface area contributed by atoms with Gasteiger partial charge in [0.1, 0.15) is 5.82 Å². The van der Waals surface area contributed by atoms with E-state index in [-0.39, 0.29) is 5.82 Å². The third-order valence-corrected chi connectivity index (χ3v) is 2.07. The Kier molecular flexibility index (Phi) is 2.71. The molecule has 0 unspecified atom stereocenters. The molecule has 0 saturated carbocycles. The summed E-state index contributed by atoms with van der Waals surface area (Å²) in [6.07, 6.45) is 0.779. The van der Waals surface area contributed by atoms with Crippen LogP contribution in [0.2, 0.25) is 0 Å². The van der Waals surface area contributed by atoms with Gasteiger partial charge in [0.15, 0.2) is 0 Å². The Bertz CT molecular complexity index is 299. The minimum Gasteiger partial charge on any atom is -0.386 e. The second kappa shape index (κ2) is 3.46. The van der Waals surface area contributed by atoms with Gasteiger partial charge in [-0.15, -0.1) is 0 Å². The highest BCUT2D eigenvalue weighted by atomic mass is 19.1. The van der Waals surface area contributed by atoms with E-state index >= 15 is 0 Å². The maximum absolute atomic E-state index is 13.0. The zero-order valence-electron chi connectivity index (χ0n) is 8.26. The monoisotopic (exact) mass is 182 g/mol. The predicted molar refractivity (Wildman–Crippen MR) is 51.0 cm³/mol. The lowest BCUT2D eigenvalue weighted by molar-refractivity contribution is 0.0781. The summed E-state index contributed by atoms with van der Waals surface area (Å²) in [6.45, 7) is 5.27. The summed E-state index contributed by atoms with van der Waals surface area (Å²) < 4.78 is 13.0. The standard InChI is InChI=1S/C11H15FO/c1-4-8-5-9(11(2,3)13)7-10(12)6-8/h5-7,13H,4H2,1-3H3. The Hall–Kier alpha value is -0.890. The molecule has 13 heavy (non-hydrogen) atoms. The zero-order chi connectivity index (χ0) is 10.1. The zero-order valence-corrected chi connectivity index (χ0v) is 8.26. The number of benzene rings is 1. The molecule has 0 aromatic heterocycles. The number of hydrogen-bond donors (Lipinski definition) is 1. The Morgan fingerprint density at radius 1 is 1.31 bits per heavy atom. The van der Waals surface area contributed by atoms with Crippen molar-refractivity contribution in [1.29, 1.82) is 0 Å². The molecular formula is C11H15FO. The van der Waals surface area contributed by atoms with Crippen LogP contribution in [-0.2, 0) is 12.0 Å². The molecule has 2 heteroatoms. The summed E-state index contributed by atoms with van der Waals surface area (Å²) in [6, 6.07) is 4.71. The van der Waals surface area contributed by atoms with Crippen LogP contribution in [0.3, 0.4) is 0 Å². The number of hydrogen-bond acceptors (Lipinski definition) is 1. The van der Waals surface area contributed by atoms with Gasteiger partial charge in [0.25, 0.3) is 0 Å². The molecule has 1 rings (SSSR count). The van der Waals surface area contributed by atoms with E-state index in [2.05, 4.69) is 0 Å². The van der Waals surface area contributed by atoms with Gasteiger partial charge in [-0.1, -0.05) is 13.0 Å². The molecule has 0 amide bonds. The number of rotatable bonds is 2. The normalized spacial score (nSPS) is 11.8. The molecule has 0 saturated heterocycles. The van der Waals surface area contributed by atoms with Crippen molar-refractivity contribution >= 4 is 0 Å². The third-order valence-electron chi connectivity index (χ3n) is 2.07. The van der Waals surface area contributed by atoms with E-state index in [4.69, 9.17) is 0 Å². The van der Waals surface area contributed by atoms with E-state index in [9.17, 15) is 9.50 Å². The van der Waals surface area contributed by atoms with Crippen LogP contribution in [0, 0.1) is 5.82 Å². The molecule has 0 aliphatic carbocycles. The average Bonchev–Trinajstić information content (AvgIpc) is 2.01. The molecule has 1 aromatic carbocycles. The van der Waals surface area contributed by atoms with Gasteiger partial charge < -0.3 is 5.11 Å². The average molecular weight is 182 g/mol. The molecule has 72 valence electrons. The lowest BCUT2D eigenvalue weighted by Crippen LogP contribution is -2.16. The van der Waals surface area contributed by atoms with Crippen molar-refractivity contribution in [3.63, 3.8) is 0 Å². The highest BCUT2D eigenvalue weighted by Gasteiger charge is 2.16. The molecule has 1 nitrogen and oxygen atoms in total. The largest absolute Gasteiger partial charge is 0.386 e. The highest BCUT2D eigenvalue weighted by Crippen LogP contribution is 2.22. The highest BCUT2D eigenvalue weighted by molar-refractivity contribution is 5.28. The molecular weight excluding hydrogens is 167 g/mol. The second-order valence-electron chi connectivity index (χ2n) is 3.76. The van der Waals surface area contributed by atoms with Gasteiger partial charge in [-0.25, -0.2) is 4.39 Å². The van der Waals surface area contributed by atoms with Gasteiger partial charge in [0, 0.05) is 0 Å². The van der Waals surface area contributed by atoms with E-state index in [1.54, 1.807) is 13.8 Å². The molecule has 0 atom stereocenters. The first-order valence-corrected chi connectivity index (χ1v) is 4.46. The molecule has 1 N–H and O–H groups in total. The quantitative estimate of drug-likeness (QED) is 0.745. The molecule has 1 aromatic rings. The Balaban J connectivity index is 3.16. The number of aryl methyl sites for hydroxylation is 1. The van der Waals surface area contributed by atoms with Crippen LogP contribution < -0.4 is 0 Å². The summed E-state index contributed by atoms with van der Waals surface area (Å²) in [5, 5.41) is 9.67. The van der Waals surface area contributed by atoms with E-state index in [0.29, 0.717) is 5.56 Å². The van der Waals surface area contributed by atoms with Crippen LogP contribution in [0.4, 0.5) is 4.39 Å². The summed E-state index contributed by atoms with van der Waals surface area (Å²) in [5.41, 5.74) is 0.577. The molecule has 0 radical (unpaired) electrons. The van der Waals surface area contributed by atoms with Gasteiger partial charge in [-0.2, -0.15) is 0 Å². The fraction of sp³-hybridized carbons (Fsp3) is 0.455. The van der Waals surface area contributed by atoms with E-state index < -0.39 is 5.60 Å². The molecule has 0 bridgehead atoms. The van der Waals surface area contributed by atoms with Crippen molar-refractivity contribution in [2.45, 2.75) is 32.8 Å². The summed E-state index contributed by atoms with van der Waals surface area (Å²) in [7, 11) is 0. The van der Waals surface area contributed by atoms with Crippen molar-refractivity contribution in [2.75, 3.05) is 0 Å². The van der Waals surface area contributed by atoms with E-state index in [1.807, 2.05) is 13.0 Å². The van der Waals surface area contributed by atoms with Crippen molar-refractivity contribution < 1.29 is 9.50 Å². The maximum atomic E-state index is 13.0. The Morgan fingerprint density at radius 3 is 2.38 bits per heavy atom. The second-order valence-corrected chi connectivity index (χ2v) is 3.76. The Labute approximate surface area is 78.2 Å². The summed E-state index contributed by atoms with van der Waals surface area (Å²) >= 11 is 0. The van der Waals surface area contributed by atoms with Crippen LogP contribution in [0.5, 0.6) is 0 Å².